The quantitative estimate of drug-likeness (QED) is 0.856. The Labute approximate surface area is 144 Å². The van der Waals surface area contributed by atoms with E-state index in [1.165, 1.54) is 0 Å². The van der Waals surface area contributed by atoms with Gasteiger partial charge in [-0.25, -0.2) is 0 Å². The van der Waals surface area contributed by atoms with Crippen molar-refractivity contribution in [2.75, 3.05) is 5.88 Å². The minimum Gasteiger partial charge on any atom is -0.444 e. The van der Waals surface area contributed by atoms with Crippen molar-refractivity contribution in [3.63, 3.8) is 0 Å². The molecule has 0 aromatic heterocycles. The first-order valence-corrected chi connectivity index (χ1v) is 8.18. The van der Waals surface area contributed by atoms with Crippen LogP contribution in [0.25, 0.3) is 0 Å². The minimum atomic E-state index is -0.529. The molecule has 0 saturated heterocycles. The first-order chi connectivity index (χ1) is 11.7. The van der Waals surface area contributed by atoms with Crippen molar-refractivity contribution in [1.29, 1.82) is 5.26 Å². The van der Waals surface area contributed by atoms with Gasteiger partial charge in [-0.3, -0.25) is 14.9 Å². The van der Waals surface area contributed by atoms with Crippen LogP contribution in [0.2, 0.25) is 0 Å². The highest BCUT2D eigenvalue weighted by molar-refractivity contribution is 6.27. The van der Waals surface area contributed by atoms with Crippen LogP contribution in [0.5, 0.6) is 0 Å². The van der Waals surface area contributed by atoms with E-state index in [1.54, 1.807) is 0 Å². The van der Waals surface area contributed by atoms with Crippen molar-refractivity contribution in [1.82, 2.24) is 5.32 Å². The molecule has 2 aliphatic rings. The molecule has 0 fully saturated rings. The molecule has 1 aromatic carbocycles. The zero-order valence-corrected chi connectivity index (χ0v) is 13.6. The summed E-state index contributed by atoms with van der Waals surface area (Å²) in [7, 11) is 0. The van der Waals surface area contributed by atoms with E-state index in [-0.39, 0.29) is 23.1 Å². The molecule has 6 heteroatoms. The fraction of sp³-hybridized carbons (Fsp3) is 0.278. The molecule has 1 atom stereocenters. The van der Waals surface area contributed by atoms with E-state index in [2.05, 4.69) is 11.4 Å². The summed E-state index contributed by atoms with van der Waals surface area (Å²) in [5, 5.41) is 12.2. The second-order valence-corrected chi connectivity index (χ2v) is 5.86. The predicted molar refractivity (Wildman–Crippen MR) is 87.7 cm³/mol. The van der Waals surface area contributed by atoms with E-state index in [9.17, 15) is 14.9 Å². The SMILES string of the molecule is N#CC1=C(NC(=O)CCl)OC2=C(C(=O)CCC2)C1c1ccccc1. The Bertz CT molecular complexity index is 790. The Morgan fingerprint density at radius 2 is 2.08 bits per heavy atom. The largest absolute Gasteiger partial charge is 0.444 e. The van der Waals surface area contributed by atoms with Crippen LogP contribution in [0.1, 0.15) is 30.7 Å². The number of hydrogen-bond donors (Lipinski definition) is 1. The van der Waals surface area contributed by atoms with Crippen LogP contribution in [0.15, 0.2) is 53.1 Å². The van der Waals surface area contributed by atoms with Gasteiger partial charge in [-0.15, -0.1) is 11.6 Å². The molecule has 3 rings (SSSR count). The number of nitrogens with one attached hydrogen (secondary N) is 1. The van der Waals surface area contributed by atoms with Gasteiger partial charge < -0.3 is 4.74 Å². The Kier molecular flexibility index (Phi) is 4.68. The predicted octanol–water partition coefficient (Wildman–Crippen LogP) is 2.90. The van der Waals surface area contributed by atoms with Crippen molar-refractivity contribution in [2.24, 2.45) is 0 Å². The molecule has 1 aromatic rings. The molecular weight excluding hydrogens is 328 g/mol. The van der Waals surface area contributed by atoms with Crippen LogP contribution < -0.4 is 5.32 Å². The summed E-state index contributed by atoms with van der Waals surface area (Å²) in [4.78, 5) is 24.1. The van der Waals surface area contributed by atoms with Crippen LogP contribution in [-0.4, -0.2) is 17.6 Å². The normalized spacial score (nSPS) is 20.2. The lowest BCUT2D eigenvalue weighted by Gasteiger charge is -2.32. The standard InChI is InChI=1S/C18H15ClN2O3/c19-9-15(23)21-18-12(10-20)16(11-5-2-1-3-6-11)17-13(22)7-4-8-14(17)24-18/h1-3,5-6,16H,4,7-9H2,(H,21,23). The van der Waals surface area contributed by atoms with Gasteiger partial charge in [0.1, 0.15) is 23.3 Å². The van der Waals surface area contributed by atoms with E-state index in [4.69, 9.17) is 16.3 Å². The summed E-state index contributed by atoms with van der Waals surface area (Å²) < 4.78 is 5.71. The molecule has 0 spiro atoms. The molecule has 0 radical (unpaired) electrons. The highest BCUT2D eigenvalue weighted by Crippen LogP contribution is 2.43. The number of rotatable bonds is 3. The first-order valence-electron chi connectivity index (χ1n) is 7.64. The number of Topliss-reactive ketones (excluding diaryl/α,β-unsaturated/α-hetero) is 1. The highest BCUT2D eigenvalue weighted by Gasteiger charge is 2.38. The third-order valence-electron chi connectivity index (χ3n) is 4.08. The van der Waals surface area contributed by atoms with Gasteiger partial charge in [0, 0.05) is 18.4 Å². The summed E-state index contributed by atoms with van der Waals surface area (Å²) in [6.45, 7) is 0. The maximum atomic E-state index is 12.5. The van der Waals surface area contributed by atoms with Crippen LogP contribution >= 0.6 is 11.6 Å². The molecule has 0 bridgehead atoms. The maximum Gasteiger partial charge on any atom is 0.241 e. The topological polar surface area (TPSA) is 79.2 Å². The zero-order valence-electron chi connectivity index (χ0n) is 12.8. The highest BCUT2D eigenvalue weighted by atomic mass is 35.5. The number of nitrogens with zero attached hydrogens (tertiary/aromatic N) is 1. The van der Waals surface area contributed by atoms with E-state index in [0.29, 0.717) is 30.6 Å². The van der Waals surface area contributed by atoms with Crippen LogP contribution in [0.3, 0.4) is 0 Å². The number of benzene rings is 1. The van der Waals surface area contributed by atoms with E-state index >= 15 is 0 Å². The average molecular weight is 343 g/mol. The Hall–Kier alpha value is -2.58. The first kappa shape index (κ1) is 16.3. The second-order valence-electron chi connectivity index (χ2n) is 5.60. The summed E-state index contributed by atoms with van der Waals surface area (Å²) >= 11 is 5.54. The minimum absolute atomic E-state index is 0.0134. The number of ketones is 1. The summed E-state index contributed by atoms with van der Waals surface area (Å²) in [6.07, 6.45) is 1.73. The summed E-state index contributed by atoms with van der Waals surface area (Å²) in [5.74, 6) is -0.641. The van der Waals surface area contributed by atoms with Crippen molar-refractivity contribution in [3.05, 3.63) is 58.7 Å². The summed E-state index contributed by atoms with van der Waals surface area (Å²) in [6, 6.07) is 11.4. The number of amides is 1. The van der Waals surface area contributed by atoms with Gasteiger partial charge in [-0.2, -0.15) is 5.26 Å². The van der Waals surface area contributed by atoms with Gasteiger partial charge in [0.15, 0.2) is 5.78 Å². The average Bonchev–Trinajstić information content (AvgIpc) is 2.61. The van der Waals surface area contributed by atoms with Crippen molar-refractivity contribution >= 4 is 23.3 Å². The number of nitriles is 1. The molecular formula is C18H15ClN2O3. The van der Waals surface area contributed by atoms with Gasteiger partial charge in [0.2, 0.25) is 11.8 Å². The zero-order chi connectivity index (χ0) is 17.1. The number of allylic oxidation sites excluding steroid dienone is 3. The Morgan fingerprint density at radius 3 is 2.75 bits per heavy atom. The lowest BCUT2D eigenvalue weighted by Crippen LogP contribution is -2.33. The lowest BCUT2D eigenvalue weighted by molar-refractivity contribution is -0.118. The molecule has 1 heterocycles. The van der Waals surface area contributed by atoms with E-state index < -0.39 is 11.8 Å². The Morgan fingerprint density at radius 1 is 1.33 bits per heavy atom. The van der Waals surface area contributed by atoms with Gasteiger partial charge in [-0.05, 0) is 12.0 Å². The Balaban J connectivity index is 2.14. The van der Waals surface area contributed by atoms with Crippen LogP contribution in [0.4, 0.5) is 0 Å². The molecule has 1 N–H and O–H groups in total. The number of alkyl halides is 1. The molecule has 1 amide bonds. The van der Waals surface area contributed by atoms with Crippen LogP contribution in [0, 0.1) is 11.3 Å². The maximum absolute atomic E-state index is 12.5. The van der Waals surface area contributed by atoms with Crippen LogP contribution in [-0.2, 0) is 14.3 Å². The van der Waals surface area contributed by atoms with Crippen molar-refractivity contribution < 1.29 is 14.3 Å². The fourth-order valence-corrected chi connectivity index (χ4v) is 3.13. The van der Waals surface area contributed by atoms with Gasteiger partial charge in [0.25, 0.3) is 0 Å². The molecule has 5 nitrogen and oxygen atoms in total. The van der Waals surface area contributed by atoms with E-state index in [1.807, 2.05) is 30.3 Å². The van der Waals surface area contributed by atoms with Crippen molar-refractivity contribution in [2.45, 2.75) is 25.2 Å². The number of ether oxygens (including phenoxy) is 1. The van der Waals surface area contributed by atoms with Gasteiger partial charge in [-0.1, -0.05) is 30.3 Å². The monoisotopic (exact) mass is 342 g/mol. The molecule has 1 unspecified atom stereocenters. The van der Waals surface area contributed by atoms with Gasteiger partial charge >= 0.3 is 0 Å². The lowest BCUT2D eigenvalue weighted by atomic mass is 9.77. The molecule has 1 aliphatic heterocycles. The molecule has 24 heavy (non-hydrogen) atoms. The third-order valence-corrected chi connectivity index (χ3v) is 4.33. The molecule has 0 saturated carbocycles. The van der Waals surface area contributed by atoms with Gasteiger partial charge in [0.05, 0.1) is 5.92 Å². The number of hydrogen-bond acceptors (Lipinski definition) is 4. The molecule has 1 aliphatic carbocycles. The number of halogens is 1. The van der Waals surface area contributed by atoms with E-state index in [0.717, 1.165) is 5.56 Å². The smallest absolute Gasteiger partial charge is 0.241 e. The summed E-state index contributed by atoms with van der Waals surface area (Å²) in [5.41, 5.74) is 1.55. The fourth-order valence-electron chi connectivity index (χ4n) is 3.06. The third kappa shape index (κ3) is 2.93. The number of carbonyl (C=O) groups is 2. The molecule has 122 valence electrons. The van der Waals surface area contributed by atoms with Crippen molar-refractivity contribution in [3.8, 4) is 6.07 Å². The number of carbonyl (C=O) groups excluding carboxylic acids is 2. The second kappa shape index (κ2) is 6.90.